The maximum Gasteiger partial charge on any atom is 0.328 e. The minimum atomic E-state index is -0.919. The number of hydrogen-bond acceptors (Lipinski definition) is 2. The van der Waals surface area contributed by atoms with Gasteiger partial charge in [0.25, 0.3) is 0 Å². The average Bonchev–Trinajstić information content (AvgIpc) is 2.19. The van der Waals surface area contributed by atoms with Crippen molar-refractivity contribution >= 4 is 17.6 Å². The molecule has 0 saturated heterocycles. The van der Waals surface area contributed by atoms with E-state index in [2.05, 4.69) is 5.32 Å². The molecule has 0 amide bonds. The highest BCUT2D eigenvalue weighted by Gasteiger charge is 1.98. The zero-order chi connectivity index (χ0) is 12.0. The van der Waals surface area contributed by atoms with Crippen LogP contribution in [0.25, 0.3) is 0 Å². The van der Waals surface area contributed by atoms with E-state index in [4.69, 9.17) is 16.7 Å². The van der Waals surface area contributed by atoms with Crippen LogP contribution in [0.5, 0.6) is 0 Å². The van der Waals surface area contributed by atoms with Crippen LogP contribution in [0.15, 0.2) is 35.9 Å². The number of carbonyl (C=O) groups is 1. The maximum atomic E-state index is 10.4. The van der Waals surface area contributed by atoms with E-state index in [0.717, 1.165) is 16.2 Å². The van der Waals surface area contributed by atoms with Gasteiger partial charge in [0.1, 0.15) is 0 Å². The number of hydrogen-bond donors (Lipinski definition) is 2. The molecule has 0 aliphatic heterocycles. The number of nitrogens with one attached hydrogen (secondary N) is 1. The monoisotopic (exact) mass is 239 g/mol. The summed E-state index contributed by atoms with van der Waals surface area (Å²) in [5, 5.41) is 12.4. The molecule has 0 unspecified atom stereocenters. The van der Waals surface area contributed by atoms with Crippen LogP contribution < -0.4 is 5.32 Å². The Labute approximate surface area is 99.7 Å². The number of carboxylic acid groups (broad SMARTS) is 1. The third-order valence-electron chi connectivity index (χ3n) is 2.05. The molecule has 0 aliphatic rings. The quantitative estimate of drug-likeness (QED) is 0.776. The standard InChI is InChI=1S/C12H14ClNO2/c1-9(6-12(15)16)7-14-8-10-4-2-3-5-11(10)13/h2-6,14H,7-8H2,1H3,(H,15,16)/b9-6-. The van der Waals surface area contributed by atoms with Crippen molar-refractivity contribution in [3.05, 3.63) is 46.5 Å². The summed E-state index contributed by atoms with van der Waals surface area (Å²) in [6, 6.07) is 7.56. The van der Waals surface area contributed by atoms with Gasteiger partial charge in [0.05, 0.1) is 0 Å². The summed E-state index contributed by atoms with van der Waals surface area (Å²) in [7, 11) is 0. The van der Waals surface area contributed by atoms with Crippen molar-refractivity contribution in [1.29, 1.82) is 0 Å². The van der Waals surface area contributed by atoms with E-state index >= 15 is 0 Å². The minimum absolute atomic E-state index is 0.539. The zero-order valence-electron chi connectivity index (χ0n) is 9.03. The molecule has 0 aromatic heterocycles. The Balaban J connectivity index is 2.42. The van der Waals surface area contributed by atoms with Crippen molar-refractivity contribution in [2.75, 3.05) is 6.54 Å². The van der Waals surface area contributed by atoms with Crippen molar-refractivity contribution in [3.8, 4) is 0 Å². The van der Waals surface area contributed by atoms with Crippen molar-refractivity contribution in [3.63, 3.8) is 0 Å². The third kappa shape index (κ3) is 4.47. The highest BCUT2D eigenvalue weighted by Crippen LogP contribution is 2.14. The summed E-state index contributed by atoms with van der Waals surface area (Å²) in [5.41, 5.74) is 1.78. The lowest BCUT2D eigenvalue weighted by Gasteiger charge is -2.06. The van der Waals surface area contributed by atoms with Gasteiger partial charge in [0.15, 0.2) is 0 Å². The molecule has 86 valence electrons. The van der Waals surface area contributed by atoms with Gasteiger partial charge in [-0.05, 0) is 18.6 Å². The summed E-state index contributed by atoms with van der Waals surface area (Å²) < 4.78 is 0. The van der Waals surface area contributed by atoms with Crippen LogP contribution >= 0.6 is 11.6 Å². The summed E-state index contributed by atoms with van der Waals surface area (Å²) in [4.78, 5) is 10.4. The molecule has 0 heterocycles. The van der Waals surface area contributed by atoms with Crippen LogP contribution in [-0.4, -0.2) is 17.6 Å². The Kier molecular flexibility index (Phi) is 5.02. The minimum Gasteiger partial charge on any atom is -0.478 e. The summed E-state index contributed by atoms with van der Waals surface area (Å²) in [5.74, 6) is -0.919. The lowest BCUT2D eigenvalue weighted by atomic mass is 10.2. The Hall–Kier alpha value is -1.32. The van der Waals surface area contributed by atoms with E-state index < -0.39 is 5.97 Å². The molecule has 2 N–H and O–H groups in total. The fourth-order valence-electron chi connectivity index (χ4n) is 1.30. The molecule has 4 heteroatoms. The van der Waals surface area contributed by atoms with Crippen LogP contribution in [0, 0.1) is 0 Å². The Morgan fingerprint density at radius 2 is 2.19 bits per heavy atom. The lowest BCUT2D eigenvalue weighted by Crippen LogP contribution is -2.16. The van der Waals surface area contributed by atoms with Gasteiger partial charge in [-0.2, -0.15) is 0 Å². The molecule has 1 rings (SSSR count). The predicted octanol–water partition coefficient (Wildman–Crippen LogP) is 2.46. The van der Waals surface area contributed by atoms with Crippen molar-refractivity contribution in [2.45, 2.75) is 13.5 Å². The molecule has 3 nitrogen and oxygen atoms in total. The van der Waals surface area contributed by atoms with Gasteiger partial charge >= 0.3 is 5.97 Å². The zero-order valence-corrected chi connectivity index (χ0v) is 9.79. The summed E-state index contributed by atoms with van der Waals surface area (Å²) in [6.07, 6.45) is 1.19. The van der Waals surface area contributed by atoms with Crippen LogP contribution in [0.1, 0.15) is 12.5 Å². The first-order chi connectivity index (χ1) is 7.59. The first kappa shape index (κ1) is 12.7. The molecular weight excluding hydrogens is 226 g/mol. The molecule has 0 fully saturated rings. The van der Waals surface area contributed by atoms with Crippen LogP contribution in [0.3, 0.4) is 0 Å². The van der Waals surface area contributed by atoms with E-state index in [0.29, 0.717) is 13.1 Å². The van der Waals surface area contributed by atoms with Crippen LogP contribution in [0.2, 0.25) is 5.02 Å². The topological polar surface area (TPSA) is 49.3 Å². The molecule has 0 aliphatic carbocycles. The number of aliphatic carboxylic acids is 1. The smallest absolute Gasteiger partial charge is 0.328 e. The third-order valence-corrected chi connectivity index (χ3v) is 2.42. The summed E-state index contributed by atoms with van der Waals surface area (Å²) in [6.45, 7) is 2.94. The van der Waals surface area contributed by atoms with Gasteiger partial charge in [-0.25, -0.2) is 4.79 Å². The molecular formula is C12H14ClNO2. The second-order valence-electron chi connectivity index (χ2n) is 3.52. The lowest BCUT2D eigenvalue weighted by molar-refractivity contribution is -0.131. The van der Waals surface area contributed by atoms with E-state index in [1.807, 2.05) is 24.3 Å². The summed E-state index contributed by atoms with van der Waals surface area (Å²) >= 11 is 5.98. The van der Waals surface area contributed by atoms with Crippen molar-refractivity contribution < 1.29 is 9.90 Å². The predicted molar refractivity (Wildman–Crippen MR) is 64.6 cm³/mol. The highest BCUT2D eigenvalue weighted by atomic mass is 35.5. The van der Waals surface area contributed by atoms with Gasteiger partial charge in [0.2, 0.25) is 0 Å². The molecule has 0 atom stereocenters. The second kappa shape index (κ2) is 6.30. The molecule has 16 heavy (non-hydrogen) atoms. The fourth-order valence-corrected chi connectivity index (χ4v) is 1.50. The first-order valence-corrected chi connectivity index (χ1v) is 5.31. The van der Waals surface area contributed by atoms with E-state index in [1.54, 1.807) is 6.92 Å². The molecule has 0 spiro atoms. The highest BCUT2D eigenvalue weighted by molar-refractivity contribution is 6.31. The normalized spacial score (nSPS) is 11.5. The average molecular weight is 240 g/mol. The van der Waals surface area contributed by atoms with E-state index in [1.165, 1.54) is 6.08 Å². The number of rotatable bonds is 5. The van der Waals surface area contributed by atoms with Crippen LogP contribution in [0.4, 0.5) is 0 Å². The van der Waals surface area contributed by atoms with Gasteiger partial charge in [-0.3, -0.25) is 0 Å². The van der Waals surface area contributed by atoms with E-state index in [-0.39, 0.29) is 0 Å². The second-order valence-corrected chi connectivity index (χ2v) is 3.93. The number of carboxylic acids is 1. The largest absolute Gasteiger partial charge is 0.478 e. The van der Waals surface area contributed by atoms with Gasteiger partial charge in [-0.15, -0.1) is 0 Å². The number of benzene rings is 1. The first-order valence-electron chi connectivity index (χ1n) is 4.94. The molecule has 1 aromatic carbocycles. The Morgan fingerprint density at radius 3 is 2.81 bits per heavy atom. The van der Waals surface area contributed by atoms with Crippen molar-refractivity contribution in [1.82, 2.24) is 5.32 Å². The van der Waals surface area contributed by atoms with Gasteiger partial charge in [-0.1, -0.05) is 35.4 Å². The van der Waals surface area contributed by atoms with Gasteiger partial charge in [0, 0.05) is 24.2 Å². The van der Waals surface area contributed by atoms with Gasteiger partial charge < -0.3 is 10.4 Å². The maximum absolute atomic E-state index is 10.4. The fraction of sp³-hybridized carbons (Fsp3) is 0.250. The molecule has 0 bridgehead atoms. The Bertz CT molecular complexity index is 402. The number of halogens is 1. The molecule has 0 saturated carbocycles. The van der Waals surface area contributed by atoms with Crippen LogP contribution in [-0.2, 0) is 11.3 Å². The SMILES string of the molecule is C/C(=C/C(=O)O)CNCc1ccccc1Cl. The molecule has 0 radical (unpaired) electrons. The van der Waals surface area contributed by atoms with E-state index in [9.17, 15) is 4.79 Å². The Morgan fingerprint density at radius 1 is 1.50 bits per heavy atom. The molecule has 1 aromatic rings. The van der Waals surface area contributed by atoms with Crippen molar-refractivity contribution in [2.24, 2.45) is 0 Å².